The average Bonchev–Trinajstić information content (AvgIpc) is 2.52. The minimum absolute atomic E-state index is 0.0370. The molecular formula is C16H24N2O4. The first-order chi connectivity index (χ1) is 10.6. The van der Waals surface area contributed by atoms with Gasteiger partial charge in [0, 0.05) is 0 Å². The van der Waals surface area contributed by atoms with Gasteiger partial charge >= 0.3 is 11.9 Å². The molecule has 0 aliphatic rings. The lowest BCUT2D eigenvalue weighted by atomic mass is 9.96. The van der Waals surface area contributed by atoms with Gasteiger partial charge < -0.3 is 21.3 Å². The van der Waals surface area contributed by atoms with Crippen molar-refractivity contribution < 1.29 is 19.4 Å². The maximum Gasteiger partial charge on any atom is 0.322 e. The minimum Gasteiger partial charge on any atom is -0.481 e. The Morgan fingerprint density at radius 2 is 1.82 bits per heavy atom. The molecule has 0 aliphatic carbocycles. The third-order valence-electron chi connectivity index (χ3n) is 3.42. The molecule has 0 radical (unpaired) electrons. The molecule has 1 rings (SSSR count). The van der Waals surface area contributed by atoms with E-state index in [9.17, 15) is 14.7 Å². The first-order valence-corrected chi connectivity index (χ1v) is 7.46. The van der Waals surface area contributed by atoms with Crippen molar-refractivity contribution in [1.82, 2.24) is 0 Å². The zero-order valence-electron chi connectivity index (χ0n) is 12.6. The number of benzene rings is 1. The Kier molecular flexibility index (Phi) is 8.17. The molecule has 0 saturated heterocycles. The molecule has 1 unspecified atom stereocenters. The van der Waals surface area contributed by atoms with E-state index in [2.05, 4.69) is 0 Å². The highest BCUT2D eigenvalue weighted by atomic mass is 16.5. The van der Waals surface area contributed by atoms with Crippen LogP contribution in [-0.4, -0.2) is 36.2 Å². The van der Waals surface area contributed by atoms with Gasteiger partial charge in [-0.1, -0.05) is 36.8 Å². The van der Waals surface area contributed by atoms with Crippen molar-refractivity contribution in [3.8, 4) is 0 Å². The van der Waals surface area contributed by atoms with Crippen LogP contribution < -0.4 is 11.5 Å². The van der Waals surface area contributed by atoms with Gasteiger partial charge in [-0.15, -0.1) is 0 Å². The summed E-state index contributed by atoms with van der Waals surface area (Å²) in [5, 5.41) is 9.27. The van der Waals surface area contributed by atoms with Crippen molar-refractivity contribution in [3.63, 3.8) is 0 Å². The Morgan fingerprint density at radius 1 is 1.14 bits per heavy atom. The van der Waals surface area contributed by atoms with Gasteiger partial charge in [0.1, 0.15) is 6.04 Å². The molecule has 0 amide bonds. The topological polar surface area (TPSA) is 116 Å². The molecule has 0 fully saturated rings. The number of carbonyl (C=O) groups excluding carboxylic acids is 1. The third-order valence-corrected chi connectivity index (χ3v) is 3.42. The summed E-state index contributed by atoms with van der Waals surface area (Å²) in [5.74, 6) is -2.12. The fourth-order valence-electron chi connectivity index (χ4n) is 2.13. The number of hydrogen-bond donors (Lipinski definition) is 3. The molecule has 22 heavy (non-hydrogen) atoms. The van der Waals surface area contributed by atoms with E-state index in [0.29, 0.717) is 18.5 Å². The number of aliphatic carboxylic acids is 1. The summed E-state index contributed by atoms with van der Waals surface area (Å²) in [7, 11) is 0. The fraction of sp³-hybridized carbons (Fsp3) is 0.500. The van der Waals surface area contributed by atoms with Crippen LogP contribution in [0.25, 0.3) is 0 Å². The molecule has 6 nitrogen and oxygen atoms in total. The highest BCUT2D eigenvalue weighted by molar-refractivity contribution is 5.77. The van der Waals surface area contributed by atoms with Crippen molar-refractivity contribution in [3.05, 3.63) is 35.9 Å². The van der Waals surface area contributed by atoms with Crippen LogP contribution in [-0.2, 0) is 14.3 Å². The van der Waals surface area contributed by atoms with Gasteiger partial charge in [0.25, 0.3) is 0 Å². The van der Waals surface area contributed by atoms with Crippen LogP contribution in [0.5, 0.6) is 0 Å². The number of hydrogen-bond acceptors (Lipinski definition) is 5. The monoisotopic (exact) mass is 308 g/mol. The fourth-order valence-corrected chi connectivity index (χ4v) is 2.13. The Hall–Kier alpha value is -1.92. The lowest BCUT2D eigenvalue weighted by Crippen LogP contribution is -2.33. The van der Waals surface area contributed by atoms with Crippen LogP contribution in [0.3, 0.4) is 0 Å². The largest absolute Gasteiger partial charge is 0.481 e. The van der Waals surface area contributed by atoms with Crippen LogP contribution in [0.2, 0.25) is 0 Å². The smallest absolute Gasteiger partial charge is 0.322 e. The molecular weight excluding hydrogens is 284 g/mol. The van der Waals surface area contributed by atoms with E-state index in [1.807, 2.05) is 6.07 Å². The maximum atomic E-state index is 11.7. The van der Waals surface area contributed by atoms with Gasteiger partial charge in [-0.2, -0.15) is 0 Å². The van der Waals surface area contributed by atoms with E-state index in [1.54, 1.807) is 24.3 Å². The van der Waals surface area contributed by atoms with Crippen molar-refractivity contribution in [1.29, 1.82) is 0 Å². The average molecular weight is 308 g/mol. The van der Waals surface area contributed by atoms with Crippen molar-refractivity contribution in [2.24, 2.45) is 11.5 Å². The normalized spacial score (nSPS) is 13.4. The van der Waals surface area contributed by atoms with Crippen LogP contribution in [0, 0.1) is 0 Å². The lowest BCUT2D eigenvalue weighted by molar-refractivity contribution is -0.147. The van der Waals surface area contributed by atoms with E-state index in [4.69, 9.17) is 16.2 Å². The van der Waals surface area contributed by atoms with Gasteiger partial charge in [0.15, 0.2) is 0 Å². The zero-order chi connectivity index (χ0) is 16.4. The van der Waals surface area contributed by atoms with E-state index in [1.165, 1.54) is 0 Å². The Labute approximate surface area is 130 Å². The molecule has 0 heterocycles. The SMILES string of the molecule is NCCCC[C@H](N)C(=O)OCCC(C(=O)O)c1ccccc1. The summed E-state index contributed by atoms with van der Waals surface area (Å²) in [6.07, 6.45) is 2.34. The Morgan fingerprint density at radius 3 is 2.41 bits per heavy atom. The van der Waals surface area contributed by atoms with E-state index < -0.39 is 23.9 Å². The third kappa shape index (κ3) is 6.24. The highest BCUT2D eigenvalue weighted by Crippen LogP contribution is 2.19. The first-order valence-electron chi connectivity index (χ1n) is 7.46. The number of carbonyl (C=O) groups is 2. The zero-order valence-corrected chi connectivity index (χ0v) is 12.6. The Bertz CT molecular complexity index is 464. The molecule has 0 saturated carbocycles. The van der Waals surface area contributed by atoms with Crippen molar-refractivity contribution >= 4 is 11.9 Å². The number of esters is 1. The van der Waals surface area contributed by atoms with E-state index >= 15 is 0 Å². The maximum absolute atomic E-state index is 11.7. The first kappa shape index (κ1) is 18.1. The Balaban J connectivity index is 2.40. The summed E-state index contributed by atoms with van der Waals surface area (Å²) in [5.41, 5.74) is 11.8. The molecule has 122 valence electrons. The predicted octanol–water partition coefficient (Wildman–Crippen LogP) is 1.24. The number of carboxylic acid groups (broad SMARTS) is 1. The summed E-state index contributed by atoms with van der Waals surface area (Å²) in [6, 6.07) is 8.21. The van der Waals surface area contributed by atoms with Crippen molar-refractivity contribution in [2.45, 2.75) is 37.6 Å². The van der Waals surface area contributed by atoms with Gasteiger partial charge in [0.2, 0.25) is 0 Å². The summed E-state index contributed by atoms with van der Waals surface area (Å²) in [6.45, 7) is 0.606. The highest BCUT2D eigenvalue weighted by Gasteiger charge is 2.21. The van der Waals surface area contributed by atoms with Crippen LogP contribution >= 0.6 is 0 Å². The van der Waals surface area contributed by atoms with Gasteiger partial charge in [-0.3, -0.25) is 9.59 Å². The summed E-state index contributed by atoms with van der Waals surface area (Å²) >= 11 is 0. The van der Waals surface area contributed by atoms with Crippen molar-refractivity contribution in [2.75, 3.05) is 13.2 Å². The molecule has 1 aromatic rings. The number of ether oxygens (including phenoxy) is 1. The second-order valence-corrected chi connectivity index (χ2v) is 5.15. The molecule has 0 aliphatic heterocycles. The van der Waals surface area contributed by atoms with Crippen LogP contribution in [0.1, 0.15) is 37.2 Å². The molecule has 0 spiro atoms. The van der Waals surface area contributed by atoms with Crippen LogP contribution in [0.4, 0.5) is 0 Å². The van der Waals surface area contributed by atoms with E-state index in [0.717, 1.165) is 12.8 Å². The molecule has 2 atom stereocenters. The summed E-state index contributed by atoms with van der Waals surface area (Å²) < 4.78 is 5.08. The van der Waals surface area contributed by atoms with E-state index in [-0.39, 0.29) is 13.0 Å². The quantitative estimate of drug-likeness (QED) is 0.442. The second kappa shape index (κ2) is 9.92. The van der Waals surface area contributed by atoms with Gasteiger partial charge in [-0.05, 0) is 31.4 Å². The van der Waals surface area contributed by atoms with Crippen LogP contribution in [0.15, 0.2) is 30.3 Å². The number of unbranched alkanes of at least 4 members (excludes halogenated alkanes) is 1. The van der Waals surface area contributed by atoms with Gasteiger partial charge in [0.05, 0.1) is 12.5 Å². The number of rotatable bonds is 10. The number of carboxylic acids is 1. The molecule has 6 heteroatoms. The summed E-state index contributed by atoms with van der Waals surface area (Å²) in [4.78, 5) is 23.0. The number of nitrogens with two attached hydrogens (primary N) is 2. The molecule has 5 N–H and O–H groups in total. The van der Waals surface area contributed by atoms with Gasteiger partial charge in [-0.25, -0.2) is 0 Å². The molecule has 1 aromatic carbocycles. The lowest BCUT2D eigenvalue weighted by Gasteiger charge is -2.15. The predicted molar refractivity (Wildman–Crippen MR) is 83.3 cm³/mol. The minimum atomic E-state index is -0.936. The standard InChI is InChI=1S/C16H24N2O4/c17-10-5-4-8-14(18)16(21)22-11-9-13(15(19)20)12-6-2-1-3-7-12/h1-3,6-7,13-14H,4-5,8-11,17-18H2,(H,19,20)/t13?,14-/m0/s1. The molecule has 0 bridgehead atoms. The second-order valence-electron chi connectivity index (χ2n) is 5.15. The molecule has 0 aromatic heterocycles.